The summed E-state index contributed by atoms with van der Waals surface area (Å²) in [5.74, 6) is 0. The molecular weight excluding hydrogens is 170 g/mol. The molecule has 0 aliphatic heterocycles. The standard InChI is InChI=1S/C9H19NO3/c1-3-5-7-9(11)8(6-4-2)10(12)13/h8-9,11H,3-7H2,1-2H3. The summed E-state index contributed by atoms with van der Waals surface area (Å²) in [6.07, 6.45) is 2.81. The van der Waals surface area contributed by atoms with Crippen LogP contribution in [0.1, 0.15) is 46.0 Å². The molecule has 0 aromatic heterocycles. The van der Waals surface area contributed by atoms with Crippen LogP contribution in [0.15, 0.2) is 0 Å². The molecule has 0 amide bonds. The number of nitro groups is 1. The second-order valence-electron chi connectivity index (χ2n) is 3.35. The van der Waals surface area contributed by atoms with Crippen molar-refractivity contribution in [2.24, 2.45) is 0 Å². The maximum Gasteiger partial charge on any atom is 0.238 e. The molecule has 0 saturated heterocycles. The molecule has 0 aromatic rings. The number of hydrogen-bond acceptors (Lipinski definition) is 3. The van der Waals surface area contributed by atoms with Crippen LogP contribution in [0.5, 0.6) is 0 Å². The van der Waals surface area contributed by atoms with Gasteiger partial charge < -0.3 is 5.11 Å². The van der Waals surface area contributed by atoms with Crippen LogP contribution in [0, 0.1) is 10.1 Å². The lowest BCUT2D eigenvalue weighted by molar-refractivity contribution is -0.535. The van der Waals surface area contributed by atoms with Gasteiger partial charge in [0.25, 0.3) is 0 Å². The average Bonchev–Trinajstić information content (AvgIpc) is 2.09. The fraction of sp³-hybridized carbons (Fsp3) is 1.00. The molecular formula is C9H19NO3. The Kier molecular flexibility index (Phi) is 6.49. The van der Waals surface area contributed by atoms with E-state index >= 15 is 0 Å². The van der Waals surface area contributed by atoms with Crippen LogP contribution in [0.2, 0.25) is 0 Å². The molecule has 78 valence electrons. The van der Waals surface area contributed by atoms with Crippen molar-refractivity contribution in [2.45, 2.75) is 58.1 Å². The van der Waals surface area contributed by atoms with Crippen LogP contribution in [0.4, 0.5) is 0 Å². The number of unbranched alkanes of at least 4 members (excludes halogenated alkanes) is 1. The van der Waals surface area contributed by atoms with Gasteiger partial charge in [0, 0.05) is 11.3 Å². The largest absolute Gasteiger partial charge is 0.386 e. The Bertz CT molecular complexity index is 150. The molecule has 0 spiro atoms. The molecule has 0 radical (unpaired) electrons. The van der Waals surface area contributed by atoms with Gasteiger partial charge in [0.15, 0.2) is 0 Å². The van der Waals surface area contributed by atoms with Crippen LogP contribution < -0.4 is 0 Å². The number of nitrogens with zero attached hydrogens (tertiary/aromatic N) is 1. The number of rotatable bonds is 7. The summed E-state index contributed by atoms with van der Waals surface area (Å²) < 4.78 is 0. The highest BCUT2D eigenvalue weighted by atomic mass is 16.6. The van der Waals surface area contributed by atoms with E-state index in [1.54, 1.807) is 0 Å². The van der Waals surface area contributed by atoms with Crippen molar-refractivity contribution in [3.05, 3.63) is 10.1 Å². The van der Waals surface area contributed by atoms with E-state index in [9.17, 15) is 15.2 Å². The topological polar surface area (TPSA) is 63.4 Å². The number of aliphatic hydroxyl groups is 1. The van der Waals surface area contributed by atoms with Gasteiger partial charge in [-0.25, -0.2) is 0 Å². The Hall–Kier alpha value is -0.640. The molecule has 4 heteroatoms. The van der Waals surface area contributed by atoms with Crippen LogP contribution >= 0.6 is 0 Å². The Labute approximate surface area is 79.1 Å². The number of aliphatic hydroxyl groups excluding tert-OH is 1. The molecule has 0 heterocycles. The van der Waals surface area contributed by atoms with Gasteiger partial charge in [0.2, 0.25) is 6.04 Å². The smallest absolute Gasteiger partial charge is 0.238 e. The van der Waals surface area contributed by atoms with Crippen LogP contribution in [0.25, 0.3) is 0 Å². The third-order valence-electron chi connectivity index (χ3n) is 2.15. The summed E-state index contributed by atoms with van der Waals surface area (Å²) >= 11 is 0. The molecule has 0 rings (SSSR count). The normalized spacial score (nSPS) is 15.3. The molecule has 0 fully saturated rings. The van der Waals surface area contributed by atoms with Gasteiger partial charge in [-0.3, -0.25) is 10.1 Å². The lowest BCUT2D eigenvalue weighted by atomic mass is 10.0. The first-order chi connectivity index (χ1) is 6.13. The van der Waals surface area contributed by atoms with Crippen molar-refractivity contribution >= 4 is 0 Å². The highest BCUT2D eigenvalue weighted by Crippen LogP contribution is 2.12. The SMILES string of the molecule is CCCCC(O)C(CCC)[N+](=O)[O-]. The summed E-state index contributed by atoms with van der Waals surface area (Å²) in [6, 6.07) is -0.767. The molecule has 0 saturated carbocycles. The van der Waals surface area contributed by atoms with Crippen molar-refractivity contribution in [1.29, 1.82) is 0 Å². The zero-order valence-electron chi connectivity index (χ0n) is 8.40. The molecule has 2 atom stereocenters. The van der Waals surface area contributed by atoms with Crippen LogP contribution in [-0.2, 0) is 0 Å². The Morgan fingerprint density at radius 3 is 2.31 bits per heavy atom. The van der Waals surface area contributed by atoms with Gasteiger partial charge in [0.05, 0.1) is 0 Å². The molecule has 0 aliphatic carbocycles. The van der Waals surface area contributed by atoms with E-state index < -0.39 is 12.1 Å². The Morgan fingerprint density at radius 2 is 1.92 bits per heavy atom. The van der Waals surface area contributed by atoms with E-state index in [-0.39, 0.29) is 4.92 Å². The quantitative estimate of drug-likeness (QED) is 0.492. The van der Waals surface area contributed by atoms with E-state index in [1.807, 2.05) is 13.8 Å². The van der Waals surface area contributed by atoms with Crippen LogP contribution in [0.3, 0.4) is 0 Å². The van der Waals surface area contributed by atoms with Crippen molar-refractivity contribution in [3.8, 4) is 0 Å². The molecule has 1 N–H and O–H groups in total. The van der Waals surface area contributed by atoms with Gasteiger partial charge in [-0.1, -0.05) is 26.7 Å². The van der Waals surface area contributed by atoms with E-state index in [2.05, 4.69) is 0 Å². The fourth-order valence-electron chi connectivity index (χ4n) is 1.34. The molecule has 0 bridgehead atoms. The summed E-state index contributed by atoms with van der Waals surface area (Å²) in [4.78, 5) is 10.2. The predicted molar refractivity (Wildman–Crippen MR) is 51.2 cm³/mol. The first-order valence-electron chi connectivity index (χ1n) is 4.95. The predicted octanol–water partition coefficient (Wildman–Crippen LogP) is 1.98. The first kappa shape index (κ1) is 12.4. The molecule has 4 nitrogen and oxygen atoms in total. The Morgan fingerprint density at radius 1 is 1.31 bits per heavy atom. The second-order valence-corrected chi connectivity index (χ2v) is 3.35. The molecule has 0 aliphatic rings. The van der Waals surface area contributed by atoms with Gasteiger partial charge in [-0.2, -0.15) is 0 Å². The van der Waals surface area contributed by atoms with E-state index in [1.165, 1.54) is 0 Å². The van der Waals surface area contributed by atoms with Gasteiger partial charge in [-0.05, 0) is 12.8 Å². The number of hydrogen-bond donors (Lipinski definition) is 1. The molecule has 2 unspecified atom stereocenters. The van der Waals surface area contributed by atoms with Gasteiger partial charge in [0.1, 0.15) is 6.10 Å². The second kappa shape index (κ2) is 6.83. The summed E-state index contributed by atoms with van der Waals surface area (Å²) in [7, 11) is 0. The third-order valence-corrected chi connectivity index (χ3v) is 2.15. The molecule has 0 aromatic carbocycles. The van der Waals surface area contributed by atoms with Crippen LogP contribution in [-0.4, -0.2) is 22.2 Å². The summed E-state index contributed by atoms with van der Waals surface area (Å²) in [5, 5.41) is 20.0. The zero-order chi connectivity index (χ0) is 10.3. The minimum absolute atomic E-state index is 0.357. The minimum atomic E-state index is -0.769. The third kappa shape index (κ3) is 4.83. The Balaban J connectivity index is 3.95. The monoisotopic (exact) mass is 189 g/mol. The van der Waals surface area contributed by atoms with Gasteiger partial charge in [-0.15, -0.1) is 0 Å². The van der Waals surface area contributed by atoms with E-state index in [0.29, 0.717) is 12.8 Å². The lowest BCUT2D eigenvalue weighted by Crippen LogP contribution is -2.33. The van der Waals surface area contributed by atoms with Crippen molar-refractivity contribution in [2.75, 3.05) is 0 Å². The van der Waals surface area contributed by atoms with Gasteiger partial charge >= 0.3 is 0 Å². The van der Waals surface area contributed by atoms with Crippen molar-refractivity contribution < 1.29 is 10.0 Å². The zero-order valence-corrected chi connectivity index (χ0v) is 8.40. The van der Waals surface area contributed by atoms with E-state index in [0.717, 1.165) is 19.3 Å². The minimum Gasteiger partial charge on any atom is -0.386 e. The average molecular weight is 189 g/mol. The highest BCUT2D eigenvalue weighted by molar-refractivity contribution is 4.67. The highest BCUT2D eigenvalue weighted by Gasteiger charge is 2.27. The maximum absolute atomic E-state index is 10.5. The van der Waals surface area contributed by atoms with Crippen molar-refractivity contribution in [3.63, 3.8) is 0 Å². The van der Waals surface area contributed by atoms with E-state index in [4.69, 9.17) is 0 Å². The first-order valence-corrected chi connectivity index (χ1v) is 4.95. The summed E-state index contributed by atoms with van der Waals surface area (Å²) in [5.41, 5.74) is 0. The fourth-order valence-corrected chi connectivity index (χ4v) is 1.34. The van der Waals surface area contributed by atoms with Crippen molar-refractivity contribution in [1.82, 2.24) is 0 Å². The lowest BCUT2D eigenvalue weighted by Gasteiger charge is -2.14. The summed E-state index contributed by atoms with van der Waals surface area (Å²) in [6.45, 7) is 3.90. The maximum atomic E-state index is 10.5. The molecule has 13 heavy (non-hydrogen) atoms.